The molecule has 1 unspecified atom stereocenters. The van der Waals surface area contributed by atoms with E-state index in [2.05, 4.69) is 16.8 Å². The number of hydrogen-bond acceptors (Lipinski definition) is 6. The minimum Gasteiger partial charge on any atom is -0.481 e. The fraction of sp³-hybridized carbons (Fsp3) is 0.389. The number of aryl methyl sites for hydroxylation is 1. The van der Waals surface area contributed by atoms with Crippen molar-refractivity contribution >= 4 is 29.3 Å². The van der Waals surface area contributed by atoms with Crippen molar-refractivity contribution in [3.8, 4) is 5.75 Å². The van der Waals surface area contributed by atoms with Gasteiger partial charge in [-0.3, -0.25) is 9.36 Å². The summed E-state index contributed by atoms with van der Waals surface area (Å²) in [6, 6.07) is 5.60. The minimum absolute atomic E-state index is 0.169. The van der Waals surface area contributed by atoms with Gasteiger partial charge in [0.1, 0.15) is 5.75 Å². The van der Waals surface area contributed by atoms with Gasteiger partial charge in [-0.1, -0.05) is 35.5 Å². The van der Waals surface area contributed by atoms with Crippen LogP contribution in [0, 0.1) is 6.92 Å². The molecule has 1 atom stereocenters. The van der Waals surface area contributed by atoms with Gasteiger partial charge in [0.2, 0.25) is 0 Å². The van der Waals surface area contributed by atoms with E-state index in [4.69, 9.17) is 21.1 Å². The summed E-state index contributed by atoms with van der Waals surface area (Å²) >= 11 is 7.48. The van der Waals surface area contributed by atoms with E-state index in [1.165, 1.54) is 11.8 Å². The highest BCUT2D eigenvalue weighted by atomic mass is 35.5. The Labute approximate surface area is 162 Å². The van der Waals surface area contributed by atoms with Crippen LogP contribution in [0.5, 0.6) is 5.75 Å². The zero-order valence-corrected chi connectivity index (χ0v) is 16.6. The maximum atomic E-state index is 11.6. The van der Waals surface area contributed by atoms with Gasteiger partial charge in [-0.2, -0.15) is 0 Å². The van der Waals surface area contributed by atoms with E-state index in [1.807, 2.05) is 30.5 Å². The largest absolute Gasteiger partial charge is 0.481 e. The van der Waals surface area contributed by atoms with E-state index in [-0.39, 0.29) is 17.8 Å². The van der Waals surface area contributed by atoms with E-state index < -0.39 is 0 Å². The monoisotopic (exact) mass is 395 g/mol. The van der Waals surface area contributed by atoms with Crippen molar-refractivity contribution in [3.63, 3.8) is 0 Å². The summed E-state index contributed by atoms with van der Waals surface area (Å²) in [6.07, 6.45) is 1.37. The van der Waals surface area contributed by atoms with Gasteiger partial charge in [0, 0.05) is 6.54 Å². The molecule has 2 aromatic rings. The number of rotatable bonds is 9. The zero-order valence-electron chi connectivity index (χ0n) is 15.1. The van der Waals surface area contributed by atoms with E-state index in [0.29, 0.717) is 34.9 Å². The first-order chi connectivity index (χ1) is 12.5. The summed E-state index contributed by atoms with van der Waals surface area (Å²) in [5.41, 5.74) is 1.05. The molecule has 6 nitrogen and oxygen atoms in total. The number of allylic oxidation sites excluding steroid dienone is 1. The smallest absolute Gasteiger partial charge is 0.316 e. The molecule has 0 spiro atoms. The lowest BCUT2D eigenvalue weighted by molar-refractivity contribution is -0.139. The van der Waals surface area contributed by atoms with Crippen molar-refractivity contribution in [2.75, 3.05) is 12.4 Å². The Hall–Kier alpha value is -1.99. The molecule has 26 heavy (non-hydrogen) atoms. The second-order valence-electron chi connectivity index (χ2n) is 5.53. The van der Waals surface area contributed by atoms with Crippen LogP contribution in [0.2, 0.25) is 5.02 Å². The van der Waals surface area contributed by atoms with Crippen LogP contribution in [0.4, 0.5) is 0 Å². The first kappa shape index (κ1) is 20.3. The van der Waals surface area contributed by atoms with Gasteiger partial charge in [-0.15, -0.1) is 16.8 Å². The Kier molecular flexibility index (Phi) is 7.53. The Balaban J connectivity index is 2.18. The van der Waals surface area contributed by atoms with E-state index in [0.717, 1.165) is 5.56 Å². The average Bonchev–Trinajstić information content (AvgIpc) is 3.00. The van der Waals surface area contributed by atoms with Crippen LogP contribution >= 0.6 is 23.4 Å². The van der Waals surface area contributed by atoms with Crippen molar-refractivity contribution in [1.82, 2.24) is 14.8 Å². The number of thioether (sulfide) groups is 1. The maximum Gasteiger partial charge on any atom is 0.316 e. The molecule has 0 aliphatic carbocycles. The molecule has 0 saturated heterocycles. The van der Waals surface area contributed by atoms with E-state index in [1.54, 1.807) is 19.1 Å². The number of esters is 1. The number of aromatic nitrogens is 3. The molecule has 2 rings (SSSR count). The highest BCUT2D eigenvalue weighted by molar-refractivity contribution is 7.99. The SMILES string of the molecule is C=CCn1c(SCC(=O)OCC)nnc1C(C)Oc1cc(C)ccc1Cl. The molecule has 140 valence electrons. The summed E-state index contributed by atoms with van der Waals surface area (Å²) in [4.78, 5) is 11.6. The molecule has 0 aliphatic rings. The molecule has 0 N–H and O–H groups in total. The van der Waals surface area contributed by atoms with Crippen molar-refractivity contribution in [1.29, 1.82) is 0 Å². The quantitative estimate of drug-likeness (QED) is 0.360. The Morgan fingerprint density at radius 2 is 2.23 bits per heavy atom. The van der Waals surface area contributed by atoms with Crippen LogP contribution in [0.15, 0.2) is 36.0 Å². The van der Waals surface area contributed by atoms with Gasteiger partial charge < -0.3 is 9.47 Å². The highest BCUT2D eigenvalue weighted by Crippen LogP contribution is 2.30. The molecular weight excluding hydrogens is 374 g/mol. The Bertz CT molecular complexity index is 779. The lowest BCUT2D eigenvalue weighted by Gasteiger charge is -2.17. The number of halogens is 1. The van der Waals surface area contributed by atoms with Gasteiger partial charge in [-0.25, -0.2) is 0 Å². The summed E-state index contributed by atoms with van der Waals surface area (Å²) in [5.74, 6) is 1.10. The van der Waals surface area contributed by atoms with Gasteiger partial charge in [0.25, 0.3) is 0 Å². The Morgan fingerprint density at radius 3 is 2.92 bits per heavy atom. The molecule has 0 radical (unpaired) electrons. The molecule has 0 aliphatic heterocycles. The van der Waals surface area contributed by atoms with Crippen LogP contribution in [0.1, 0.15) is 31.3 Å². The van der Waals surface area contributed by atoms with Crippen LogP contribution < -0.4 is 4.74 Å². The van der Waals surface area contributed by atoms with Crippen molar-refractivity contribution in [3.05, 3.63) is 47.3 Å². The second-order valence-corrected chi connectivity index (χ2v) is 6.88. The average molecular weight is 396 g/mol. The summed E-state index contributed by atoms with van der Waals surface area (Å²) in [5, 5.41) is 9.55. The van der Waals surface area contributed by atoms with E-state index in [9.17, 15) is 4.79 Å². The predicted octanol–water partition coefficient (Wildman–Crippen LogP) is 4.22. The number of benzene rings is 1. The molecule has 0 saturated carbocycles. The minimum atomic E-state index is -0.376. The van der Waals surface area contributed by atoms with Gasteiger partial charge >= 0.3 is 5.97 Å². The standard InChI is InChI=1S/C18H22ClN3O3S/c1-5-9-22-17(20-21-18(22)26-11-16(23)24-6-2)13(4)25-15-10-12(3)7-8-14(15)19/h5,7-8,10,13H,1,6,9,11H2,2-4H3. The number of carbonyl (C=O) groups excluding carboxylic acids is 1. The maximum absolute atomic E-state index is 11.6. The van der Waals surface area contributed by atoms with Gasteiger partial charge in [-0.05, 0) is 38.5 Å². The summed E-state index contributed by atoms with van der Waals surface area (Å²) in [7, 11) is 0. The molecule has 1 aromatic carbocycles. The van der Waals surface area contributed by atoms with Crippen molar-refractivity contribution < 1.29 is 14.3 Å². The normalized spacial score (nSPS) is 11.8. The highest BCUT2D eigenvalue weighted by Gasteiger charge is 2.20. The first-order valence-corrected chi connectivity index (χ1v) is 9.57. The summed E-state index contributed by atoms with van der Waals surface area (Å²) in [6.45, 7) is 10.2. The van der Waals surface area contributed by atoms with E-state index >= 15 is 0 Å². The second kappa shape index (κ2) is 9.64. The zero-order chi connectivity index (χ0) is 19.1. The van der Waals surface area contributed by atoms with Gasteiger partial charge in [0.05, 0.1) is 17.4 Å². The van der Waals surface area contributed by atoms with Gasteiger partial charge in [0.15, 0.2) is 17.1 Å². The molecule has 0 amide bonds. The summed E-state index contributed by atoms with van der Waals surface area (Å²) < 4.78 is 12.8. The van der Waals surface area contributed by atoms with Crippen LogP contribution in [0.25, 0.3) is 0 Å². The lowest BCUT2D eigenvalue weighted by Crippen LogP contribution is -2.13. The number of nitrogens with zero attached hydrogens (tertiary/aromatic N) is 3. The van der Waals surface area contributed by atoms with Crippen LogP contribution in [-0.2, 0) is 16.1 Å². The van der Waals surface area contributed by atoms with Crippen LogP contribution in [0.3, 0.4) is 0 Å². The fourth-order valence-corrected chi connectivity index (χ4v) is 3.19. The van der Waals surface area contributed by atoms with Crippen molar-refractivity contribution in [2.45, 2.75) is 38.6 Å². The Morgan fingerprint density at radius 1 is 1.46 bits per heavy atom. The topological polar surface area (TPSA) is 66.2 Å². The molecule has 1 heterocycles. The number of hydrogen-bond donors (Lipinski definition) is 0. The molecular formula is C18H22ClN3O3S. The first-order valence-electron chi connectivity index (χ1n) is 8.21. The third-order valence-corrected chi connectivity index (χ3v) is 4.69. The lowest BCUT2D eigenvalue weighted by atomic mass is 10.2. The number of carbonyl (C=O) groups is 1. The molecule has 8 heteroatoms. The van der Waals surface area contributed by atoms with Crippen molar-refractivity contribution in [2.24, 2.45) is 0 Å². The third kappa shape index (κ3) is 5.25. The molecule has 0 bridgehead atoms. The van der Waals surface area contributed by atoms with Crippen LogP contribution in [-0.4, -0.2) is 33.1 Å². The fourth-order valence-electron chi connectivity index (χ4n) is 2.28. The third-order valence-electron chi connectivity index (χ3n) is 3.44. The number of ether oxygens (including phenoxy) is 2. The molecule has 1 aromatic heterocycles. The molecule has 0 fully saturated rings. The predicted molar refractivity (Wildman–Crippen MR) is 103 cm³/mol.